The van der Waals surface area contributed by atoms with Crippen molar-refractivity contribution in [1.29, 1.82) is 0 Å². The van der Waals surface area contributed by atoms with Crippen molar-refractivity contribution in [2.24, 2.45) is 0 Å². The minimum absolute atomic E-state index is 0.0711. The summed E-state index contributed by atoms with van der Waals surface area (Å²) in [6.07, 6.45) is 4.51. The lowest BCUT2D eigenvalue weighted by molar-refractivity contribution is -0.142. The molecule has 1 saturated heterocycles. The molecule has 1 atom stereocenters. The number of carbonyl (C=O) groups is 1. The number of rotatable bonds is 2. The molecule has 1 aromatic rings. The number of hydrogen-bond donors (Lipinski definition) is 0. The van der Waals surface area contributed by atoms with Crippen LogP contribution < -0.4 is 0 Å². The zero-order chi connectivity index (χ0) is 12.5. The molecule has 18 heavy (non-hydrogen) atoms. The second-order valence-electron chi connectivity index (χ2n) is 4.80. The maximum atomic E-state index is 11.6. The van der Waals surface area contributed by atoms with Crippen LogP contribution in [0.25, 0.3) is 0 Å². The van der Waals surface area contributed by atoms with Crippen LogP contribution >= 0.6 is 0 Å². The van der Waals surface area contributed by atoms with Crippen molar-refractivity contribution in [3.05, 3.63) is 23.3 Å². The van der Waals surface area contributed by atoms with E-state index >= 15 is 0 Å². The molecule has 0 bridgehead atoms. The molecule has 3 heterocycles. The Hall–Kier alpha value is -1.49. The van der Waals surface area contributed by atoms with Crippen LogP contribution in [0.4, 0.5) is 0 Å². The van der Waals surface area contributed by atoms with Crippen molar-refractivity contribution in [2.45, 2.75) is 38.8 Å². The van der Waals surface area contributed by atoms with Gasteiger partial charge in [-0.15, -0.1) is 0 Å². The Balaban J connectivity index is 1.81. The predicted molar refractivity (Wildman–Crippen MR) is 64.9 cm³/mol. The molecule has 0 amide bonds. The molecule has 96 valence electrons. The molecule has 1 fully saturated rings. The van der Waals surface area contributed by atoms with Gasteiger partial charge in [-0.2, -0.15) is 0 Å². The van der Waals surface area contributed by atoms with E-state index in [4.69, 9.17) is 4.74 Å². The molecule has 1 aromatic heterocycles. The Labute approximate surface area is 106 Å². The highest BCUT2D eigenvalue weighted by Crippen LogP contribution is 2.22. The van der Waals surface area contributed by atoms with Gasteiger partial charge in [0.05, 0.1) is 12.3 Å². The zero-order valence-corrected chi connectivity index (χ0v) is 10.6. The molecular formula is C13H17N3O2. The minimum Gasteiger partial charge on any atom is -0.464 e. The first kappa shape index (κ1) is 11.6. The van der Waals surface area contributed by atoms with Crippen LogP contribution in [0.2, 0.25) is 0 Å². The molecular weight excluding hydrogens is 230 g/mol. The molecule has 0 N–H and O–H groups in total. The van der Waals surface area contributed by atoms with E-state index in [2.05, 4.69) is 21.8 Å². The number of hydrogen-bond acceptors (Lipinski definition) is 5. The van der Waals surface area contributed by atoms with Crippen molar-refractivity contribution in [3.63, 3.8) is 0 Å². The quantitative estimate of drug-likeness (QED) is 0.720. The van der Waals surface area contributed by atoms with E-state index in [0.29, 0.717) is 6.61 Å². The fourth-order valence-corrected chi connectivity index (χ4v) is 2.62. The van der Waals surface area contributed by atoms with Crippen LogP contribution in [0.15, 0.2) is 6.20 Å². The Morgan fingerprint density at radius 1 is 1.56 bits per heavy atom. The van der Waals surface area contributed by atoms with Crippen molar-refractivity contribution in [2.75, 3.05) is 13.2 Å². The lowest BCUT2D eigenvalue weighted by Crippen LogP contribution is -2.42. The Bertz CT molecular complexity index is 475. The molecule has 1 unspecified atom stereocenters. The van der Waals surface area contributed by atoms with E-state index < -0.39 is 0 Å². The third-order valence-electron chi connectivity index (χ3n) is 3.69. The molecule has 2 aliphatic rings. The van der Waals surface area contributed by atoms with Gasteiger partial charge in [-0.3, -0.25) is 9.69 Å². The summed E-state index contributed by atoms with van der Waals surface area (Å²) in [4.78, 5) is 22.7. The molecule has 5 heteroatoms. The summed E-state index contributed by atoms with van der Waals surface area (Å²) in [7, 11) is 0. The fourth-order valence-electron chi connectivity index (χ4n) is 2.62. The standard InChI is InChI=1S/C13H17N3O2/c1-2-12-14-7-9-3-5-16(8-10(9)15-12)11-4-6-18-13(11)17/h7,11H,2-6,8H2,1H3. The zero-order valence-electron chi connectivity index (χ0n) is 10.6. The van der Waals surface area contributed by atoms with Crippen molar-refractivity contribution in [1.82, 2.24) is 14.9 Å². The van der Waals surface area contributed by atoms with E-state index in [1.807, 2.05) is 6.20 Å². The molecule has 0 saturated carbocycles. The average Bonchev–Trinajstić information content (AvgIpc) is 2.83. The van der Waals surface area contributed by atoms with Crippen LogP contribution in [0.3, 0.4) is 0 Å². The molecule has 0 radical (unpaired) electrons. The smallest absolute Gasteiger partial charge is 0.323 e. The van der Waals surface area contributed by atoms with Gasteiger partial charge in [0, 0.05) is 32.1 Å². The van der Waals surface area contributed by atoms with Gasteiger partial charge in [0.15, 0.2) is 0 Å². The number of nitrogens with zero attached hydrogens (tertiary/aromatic N) is 3. The lowest BCUT2D eigenvalue weighted by atomic mass is 10.0. The molecule has 2 aliphatic heterocycles. The van der Waals surface area contributed by atoms with E-state index in [9.17, 15) is 4.79 Å². The maximum absolute atomic E-state index is 11.6. The summed E-state index contributed by atoms with van der Waals surface area (Å²) in [5.41, 5.74) is 2.29. The summed E-state index contributed by atoms with van der Waals surface area (Å²) in [5.74, 6) is 0.799. The number of carbonyl (C=O) groups excluding carboxylic acids is 1. The average molecular weight is 247 g/mol. The predicted octanol–water partition coefficient (Wildman–Crippen LogP) is 0.713. The Morgan fingerprint density at radius 2 is 2.44 bits per heavy atom. The molecule has 0 aromatic carbocycles. The number of cyclic esters (lactones) is 1. The lowest BCUT2D eigenvalue weighted by Gasteiger charge is -2.30. The van der Waals surface area contributed by atoms with Crippen LogP contribution in [0.1, 0.15) is 30.4 Å². The number of ether oxygens (including phenoxy) is 1. The highest BCUT2D eigenvalue weighted by atomic mass is 16.5. The third-order valence-corrected chi connectivity index (χ3v) is 3.69. The normalized spacial score (nSPS) is 23.8. The largest absolute Gasteiger partial charge is 0.464 e. The summed E-state index contributed by atoms with van der Waals surface area (Å²) >= 11 is 0. The highest BCUT2D eigenvalue weighted by molar-refractivity contribution is 5.77. The molecule has 0 aliphatic carbocycles. The van der Waals surface area contributed by atoms with Gasteiger partial charge < -0.3 is 4.74 Å². The first-order chi connectivity index (χ1) is 8.78. The third kappa shape index (κ3) is 1.99. The van der Waals surface area contributed by atoms with E-state index in [1.54, 1.807) is 0 Å². The van der Waals surface area contributed by atoms with Gasteiger partial charge in [-0.1, -0.05) is 6.92 Å². The van der Waals surface area contributed by atoms with Crippen molar-refractivity contribution < 1.29 is 9.53 Å². The van der Waals surface area contributed by atoms with Crippen molar-refractivity contribution in [3.8, 4) is 0 Å². The van der Waals surface area contributed by atoms with E-state index in [1.165, 1.54) is 5.56 Å². The molecule has 0 spiro atoms. The summed E-state index contributed by atoms with van der Waals surface area (Å²) in [6.45, 7) is 4.24. The second kappa shape index (κ2) is 4.65. The van der Waals surface area contributed by atoms with Crippen LogP contribution in [-0.4, -0.2) is 40.0 Å². The van der Waals surface area contributed by atoms with Gasteiger partial charge >= 0.3 is 5.97 Å². The first-order valence-electron chi connectivity index (χ1n) is 6.52. The highest BCUT2D eigenvalue weighted by Gasteiger charge is 2.34. The van der Waals surface area contributed by atoms with Gasteiger partial charge in [-0.05, 0) is 12.0 Å². The summed E-state index contributed by atoms with van der Waals surface area (Å²) < 4.78 is 5.04. The summed E-state index contributed by atoms with van der Waals surface area (Å²) in [6, 6.07) is -0.0711. The number of aromatic nitrogens is 2. The fraction of sp³-hybridized carbons (Fsp3) is 0.615. The van der Waals surface area contributed by atoms with Gasteiger partial charge in [0.2, 0.25) is 0 Å². The van der Waals surface area contributed by atoms with Crippen LogP contribution in [0.5, 0.6) is 0 Å². The first-order valence-corrected chi connectivity index (χ1v) is 6.52. The monoisotopic (exact) mass is 247 g/mol. The van der Waals surface area contributed by atoms with Gasteiger partial charge in [-0.25, -0.2) is 9.97 Å². The molecule has 5 nitrogen and oxygen atoms in total. The number of aryl methyl sites for hydroxylation is 1. The van der Waals surface area contributed by atoms with E-state index in [-0.39, 0.29) is 12.0 Å². The number of esters is 1. The van der Waals surface area contributed by atoms with Crippen LogP contribution in [0, 0.1) is 0 Å². The van der Waals surface area contributed by atoms with Gasteiger partial charge in [0.25, 0.3) is 0 Å². The van der Waals surface area contributed by atoms with Crippen molar-refractivity contribution >= 4 is 5.97 Å². The maximum Gasteiger partial charge on any atom is 0.323 e. The Kier molecular flexibility index (Phi) is 2.99. The topological polar surface area (TPSA) is 55.3 Å². The Morgan fingerprint density at radius 3 is 3.17 bits per heavy atom. The van der Waals surface area contributed by atoms with Crippen LogP contribution in [-0.2, 0) is 28.9 Å². The SMILES string of the molecule is CCc1ncc2c(n1)CN(C1CCOC1=O)CC2. The summed E-state index contributed by atoms with van der Waals surface area (Å²) in [5, 5.41) is 0. The number of fused-ring (bicyclic) bond motifs is 1. The van der Waals surface area contributed by atoms with Gasteiger partial charge in [0.1, 0.15) is 11.9 Å². The minimum atomic E-state index is -0.0804. The molecule has 3 rings (SSSR count). The van der Waals surface area contributed by atoms with E-state index in [0.717, 1.165) is 43.9 Å². The second-order valence-corrected chi connectivity index (χ2v) is 4.80.